The van der Waals surface area contributed by atoms with Crippen LogP contribution < -0.4 is 4.74 Å². The molecule has 1 aromatic carbocycles. The van der Waals surface area contributed by atoms with Crippen LogP contribution in [0.3, 0.4) is 0 Å². The number of hydrogen-bond acceptors (Lipinski definition) is 3. The number of rotatable bonds is 4. The molecule has 94 valence electrons. The zero-order valence-corrected chi connectivity index (χ0v) is 9.64. The molecule has 0 bridgehead atoms. The van der Waals surface area contributed by atoms with Gasteiger partial charge >= 0.3 is 5.97 Å². The van der Waals surface area contributed by atoms with Gasteiger partial charge in [-0.15, -0.1) is 0 Å². The smallest absolute Gasteiger partial charge is 0.372 e. The van der Waals surface area contributed by atoms with Crippen molar-refractivity contribution >= 4 is 5.97 Å². The van der Waals surface area contributed by atoms with Gasteiger partial charge in [-0.1, -0.05) is 12.1 Å². The molecule has 0 amide bonds. The molecule has 5 heteroatoms. The Hall–Kier alpha value is -2.30. The van der Waals surface area contributed by atoms with Gasteiger partial charge in [-0.3, -0.25) is 0 Å². The third kappa shape index (κ3) is 2.51. The maximum absolute atomic E-state index is 13.3. The number of para-hydroxylation sites is 1. The number of ether oxygens (including phenoxy) is 1. The molecule has 0 saturated heterocycles. The molecule has 0 aliphatic rings. The van der Waals surface area contributed by atoms with E-state index in [1.54, 1.807) is 25.1 Å². The van der Waals surface area contributed by atoms with Gasteiger partial charge in [0.25, 0.3) is 0 Å². The van der Waals surface area contributed by atoms with Crippen LogP contribution in [-0.4, -0.2) is 11.1 Å². The van der Waals surface area contributed by atoms with E-state index in [-0.39, 0.29) is 18.1 Å². The summed E-state index contributed by atoms with van der Waals surface area (Å²) in [5, 5.41) is 8.81. The highest BCUT2D eigenvalue weighted by molar-refractivity contribution is 5.86. The predicted molar refractivity (Wildman–Crippen MR) is 61.1 cm³/mol. The van der Waals surface area contributed by atoms with Gasteiger partial charge in [0.15, 0.2) is 11.6 Å². The molecule has 0 unspecified atom stereocenters. The number of carboxylic acids is 1. The van der Waals surface area contributed by atoms with Crippen LogP contribution in [-0.2, 0) is 6.61 Å². The summed E-state index contributed by atoms with van der Waals surface area (Å²) in [6, 6.07) is 7.54. The Morgan fingerprint density at radius 2 is 2.17 bits per heavy atom. The number of hydrogen-bond donors (Lipinski definition) is 1. The number of carbonyl (C=O) groups is 1. The number of halogens is 1. The third-order valence-corrected chi connectivity index (χ3v) is 2.37. The van der Waals surface area contributed by atoms with E-state index in [1.807, 2.05) is 0 Å². The van der Waals surface area contributed by atoms with Crippen LogP contribution in [0.2, 0.25) is 0 Å². The largest absolute Gasteiger partial charge is 0.483 e. The summed E-state index contributed by atoms with van der Waals surface area (Å²) in [7, 11) is 0. The summed E-state index contributed by atoms with van der Waals surface area (Å²) in [5.74, 6) is -1.29. The lowest BCUT2D eigenvalue weighted by molar-refractivity contribution is 0.0657. The molecule has 0 aliphatic carbocycles. The molecule has 0 saturated carbocycles. The van der Waals surface area contributed by atoms with E-state index in [0.717, 1.165) is 0 Å². The molecule has 1 N–H and O–H groups in total. The van der Waals surface area contributed by atoms with Gasteiger partial charge in [0, 0.05) is 5.56 Å². The fraction of sp³-hybridized carbons (Fsp3) is 0.154. The SMILES string of the molecule is Cc1cc(COc2ccccc2F)oc1C(=O)O. The molecule has 2 rings (SSSR count). The molecule has 0 spiro atoms. The van der Waals surface area contributed by atoms with Crippen LogP contribution >= 0.6 is 0 Å². The van der Waals surface area contributed by atoms with Gasteiger partial charge in [-0.05, 0) is 25.1 Å². The topological polar surface area (TPSA) is 59.7 Å². The molecule has 0 fully saturated rings. The second kappa shape index (κ2) is 4.91. The summed E-state index contributed by atoms with van der Waals surface area (Å²) in [6.45, 7) is 1.61. The van der Waals surface area contributed by atoms with Gasteiger partial charge in [-0.2, -0.15) is 0 Å². The maximum Gasteiger partial charge on any atom is 0.372 e. The number of furan rings is 1. The van der Waals surface area contributed by atoms with E-state index >= 15 is 0 Å². The van der Waals surface area contributed by atoms with Crippen LogP contribution in [0.25, 0.3) is 0 Å². The Morgan fingerprint density at radius 3 is 2.78 bits per heavy atom. The molecule has 0 atom stereocenters. The molecular weight excluding hydrogens is 239 g/mol. The average molecular weight is 250 g/mol. The number of aromatic carboxylic acids is 1. The first-order valence-corrected chi connectivity index (χ1v) is 5.28. The minimum absolute atomic E-state index is 0.0188. The first-order valence-electron chi connectivity index (χ1n) is 5.28. The molecule has 18 heavy (non-hydrogen) atoms. The molecular formula is C13H11FO4. The fourth-order valence-corrected chi connectivity index (χ4v) is 1.54. The van der Waals surface area contributed by atoms with Gasteiger partial charge in [0.2, 0.25) is 5.76 Å². The molecule has 2 aromatic rings. The van der Waals surface area contributed by atoms with Crippen molar-refractivity contribution in [2.45, 2.75) is 13.5 Å². The van der Waals surface area contributed by atoms with Crippen molar-refractivity contribution in [2.75, 3.05) is 0 Å². The quantitative estimate of drug-likeness (QED) is 0.906. The Bertz CT molecular complexity index is 574. The van der Waals surface area contributed by atoms with Gasteiger partial charge in [0.05, 0.1) is 0 Å². The van der Waals surface area contributed by atoms with Gasteiger partial charge in [0.1, 0.15) is 12.4 Å². The molecule has 1 heterocycles. The van der Waals surface area contributed by atoms with Crippen molar-refractivity contribution in [3.8, 4) is 5.75 Å². The van der Waals surface area contributed by atoms with Crippen LogP contribution in [0.15, 0.2) is 34.7 Å². The van der Waals surface area contributed by atoms with E-state index < -0.39 is 11.8 Å². The normalized spacial score (nSPS) is 10.3. The third-order valence-electron chi connectivity index (χ3n) is 2.37. The van der Waals surface area contributed by atoms with Crippen molar-refractivity contribution in [1.82, 2.24) is 0 Å². The molecule has 1 aromatic heterocycles. The van der Waals surface area contributed by atoms with Crippen LogP contribution in [0.1, 0.15) is 21.9 Å². The molecule has 4 nitrogen and oxygen atoms in total. The lowest BCUT2D eigenvalue weighted by Gasteiger charge is -2.04. The number of aryl methyl sites for hydroxylation is 1. The zero-order valence-electron chi connectivity index (χ0n) is 9.64. The van der Waals surface area contributed by atoms with Gasteiger partial charge in [-0.25, -0.2) is 9.18 Å². The van der Waals surface area contributed by atoms with E-state index in [4.69, 9.17) is 14.3 Å². The van der Waals surface area contributed by atoms with E-state index in [2.05, 4.69) is 0 Å². The number of carboxylic acid groups (broad SMARTS) is 1. The summed E-state index contributed by atoms with van der Waals surface area (Å²) in [4.78, 5) is 10.8. The van der Waals surface area contributed by atoms with Gasteiger partial charge < -0.3 is 14.3 Å². The standard InChI is InChI=1S/C13H11FO4/c1-8-6-9(18-12(8)13(15)16)7-17-11-5-3-2-4-10(11)14/h2-6H,7H2,1H3,(H,15,16). The van der Waals surface area contributed by atoms with E-state index in [0.29, 0.717) is 11.3 Å². The lowest BCUT2D eigenvalue weighted by Crippen LogP contribution is -1.97. The number of benzene rings is 1. The Kier molecular flexibility index (Phi) is 3.32. The van der Waals surface area contributed by atoms with Crippen molar-refractivity contribution in [3.05, 3.63) is 53.2 Å². The Balaban J connectivity index is 2.09. The molecule has 0 radical (unpaired) electrons. The Labute approximate surface area is 103 Å². The monoisotopic (exact) mass is 250 g/mol. The predicted octanol–water partition coefficient (Wildman–Crippen LogP) is 3.00. The highest BCUT2D eigenvalue weighted by Crippen LogP contribution is 2.19. The maximum atomic E-state index is 13.3. The van der Waals surface area contributed by atoms with Crippen LogP contribution in [0.4, 0.5) is 4.39 Å². The second-order valence-electron chi connectivity index (χ2n) is 3.75. The van der Waals surface area contributed by atoms with Crippen molar-refractivity contribution in [2.24, 2.45) is 0 Å². The second-order valence-corrected chi connectivity index (χ2v) is 3.75. The first kappa shape index (κ1) is 12.2. The van der Waals surface area contributed by atoms with Crippen molar-refractivity contribution in [3.63, 3.8) is 0 Å². The molecule has 0 aliphatic heterocycles. The Morgan fingerprint density at radius 1 is 1.44 bits per heavy atom. The van der Waals surface area contributed by atoms with E-state index in [1.165, 1.54) is 12.1 Å². The highest BCUT2D eigenvalue weighted by Gasteiger charge is 2.14. The summed E-state index contributed by atoms with van der Waals surface area (Å²) < 4.78 is 23.6. The van der Waals surface area contributed by atoms with Crippen molar-refractivity contribution < 1.29 is 23.4 Å². The van der Waals surface area contributed by atoms with E-state index in [9.17, 15) is 9.18 Å². The highest BCUT2D eigenvalue weighted by atomic mass is 19.1. The summed E-state index contributed by atoms with van der Waals surface area (Å²) in [6.07, 6.45) is 0. The van der Waals surface area contributed by atoms with Crippen LogP contribution in [0.5, 0.6) is 5.75 Å². The van der Waals surface area contributed by atoms with Crippen molar-refractivity contribution in [1.29, 1.82) is 0 Å². The van der Waals surface area contributed by atoms with Crippen LogP contribution in [0, 0.1) is 12.7 Å². The average Bonchev–Trinajstić information content (AvgIpc) is 2.70. The minimum atomic E-state index is -1.13. The lowest BCUT2D eigenvalue weighted by atomic mass is 10.2. The zero-order chi connectivity index (χ0) is 13.1. The summed E-state index contributed by atoms with van der Waals surface area (Å²) in [5.41, 5.74) is 0.509. The summed E-state index contributed by atoms with van der Waals surface area (Å²) >= 11 is 0. The first-order chi connectivity index (χ1) is 8.58. The fourth-order valence-electron chi connectivity index (χ4n) is 1.54. The minimum Gasteiger partial charge on any atom is -0.483 e.